The molecule has 1 aliphatic carbocycles. The highest BCUT2D eigenvalue weighted by atomic mass is 79.9. The van der Waals surface area contributed by atoms with Crippen LogP contribution in [-0.2, 0) is 9.59 Å². The zero-order chi connectivity index (χ0) is 15.4. The fourth-order valence-electron chi connectivity index (χ4n) is 3.00. The summed E-state index contributed by atoms with van der Waals surface area (Å²) in [5, 5.41) is 19.7. The lowest BCUT2D eigenvalue weighted by Crippen LogP contribution is -2.45. The number of allylic oxidation sites excluding steroid dienone is 1. The average Bonchev–Trinajstić information content (AvgIpc) is 2.39. The highest BCUT2D eigenvalue weighted by molar-refractivity contribution is 9.09. The molecule has 2 unspecified atom stereocenters. The number of alkyl halides is 2. The van der Waals surface area contributed by atoms with Gasteiger partial charge in [0.1, 0.15) is 0 Å². The Hall–Kier alpha value is -0.910. The summed E-state index contributed by atoms with van der Waals surface area (Å²) in [5.41, 5.74) is -1.93. The number of hydrogen-bond donors (Lipinski definition) is 2. The quantitative estimate of drug-likeness (QED) is 0.545. The Morgan fingerprint density at radius 3 is 2.45 bits per heavy atom. The molecule has 0 bridgehead atoms. The van der Waals surface area contributed by atoms with Gasteiger partial charge in [0, 0.05) is 5.33 Å². The summed E-state index contributed by atoms with van der Waals surface area (Å²) in [4.78, 5) is 23.3. The van der Waals surface area contributed by atoms with Crippen LogP contribution in [-0.4, -0.2) is 34.2 Å². The van der Waals surface area contributed by atoms with E-state index in [-0.39, 0.29) is 12.8 Å². The molecule has 0 aromatic rings. The third kappa shape index (κ3) is 3.05. The summed E-state index contributed by atoms with van der Waals surface area (Å²) >= 11 is 3.26. The van der Waals surface area contributed by atoms with Gasteiger partial charge in [-0.3, -0.25) is 14.0 Å². The maximum atomic E-state index is 12.8. The highest BCUT2D eigenvalue weighted by Crippen LogP contribution is 2.51. The van der Waals surface area contributed by atoms with Crippen LogP contribution in [0.2, 0.25) is 0 Å². The first-order chi connectivity index (χ1) is 9.34. The third-order valence-corrected chi connectivity index (χ3v) is 4.93. The molecule has 1 aliphatic rings. The number of rotatable bonds is 7. The van der Waals surface area contributed by atoms with E-state index < -0.39 is 29.4 Å². The van der Waals surface area contributed by atoms with Gasteiger partial charge >= 0.3 is 11.9 Å². The van der Waals surface area contributed by atoms with E-state index in [4.69, 9.17) is 0 Å². The molecule has 0 amide bonds. The van der Waals surface area contributed by atoms with Crippen molar-refractivity contribution in [3.8, 4) is 0 Å². The zero-order valence-electron chi connectivity index (χ0n) is 11.5. The first-order valence-corrected chi connectivity index (χ1v) is 7.73. The molecule has 0 heterocycles. The molecule has 0 saturated heterocycles. The van der Waals surface area contributed by atoms with Crippen molar-refractivity contribution in [1.82, 2.24) is 0 Å². The van der Waals surface area contributed by atoms with E-state index in [1.54, 1.807) is 13.0 Å². The van der Waals surface area contributed by atoms with E-state index >= 15 is 0 Å². The van der Waals surface area contributed by atoms with Crippen LogP contribution >= 0.6 is 15.9 Å². The second kappa shape index (κ2) is 6.70. The van der Waals surface area contributed by atoms with Crippen molar-refractivity contribution in [2.45, 2.75) is 39.0 Å². The molecule has 1 rings (SSSR count). The van der Waals surface area contributed by atoms with Crippen LogP contribution < -0.4 is 0 Å². The average molecular weight is 351 g/mol. The molecule has 20 heavy (non-hydrogen) atoms. The standard InChI is InChI=1S/C14H20BrFO4/c1-10-3-5-13(11(17)18,4-2-7-15)9-14(10,6-8-16)12(19)20/h3H,2,4-9H2,1H3,(H,17,18)(H,19,20). The number of carbonyl (C=O) groups is 2. The maximum absolute atomic E-state index is 12.8. The molecule has 0 aromatic carbocycles. The smallest absolute Gasteiger partial charge is 0.313 e. The van der Waals surface area contributed by atoms with Crippen LogP contribution in [0.1, 0.15) is 39.0 Å². The van der Waals surface area contributed by atoms with Crippen LogP contribution in [0, 0.1) is 10.8 Å². The highest BCUT2D eigenvalue weighted by Gasteiger charge is 2.52. The number of carboxylic acid groups (broad SMARTS) is 2. The number of carboxylic acids is 2. The second-order valence-corrected chi connectivity index (χ2v) is 6.27. The lowest BCUT2D eigenvalue weighted by Gasteiger charge is -2.42. The van der Waals surface area contributed by atoms with E-state index in [0.717, 1.165) is 0 Å². The molecule has 0 spiro atoms. The van der Waals surface area contributed by atoms with Gasteiger partial charge in [0.05, 0.1) is 17.5 Å². The minimum atomic E-state index is -1.39. The fraction of sp³-hybridized carbons (Fsp3) is 0.714. The van der Waals surface area contributed by atoms with Crippen molar-refractivity contribution in [3.05, 3.63) is 11.6 Å². The molecule has 0 aliphatic heterocycles. The molecular formula is C14H20BrFO4. The van der Waals surface area contributed by atoms with Gasteiger partial charge in [-0.05, 0) is 39.0 Å². The lowest BCUT2D eigenvalue weighted by atomic mass is 9.59. The third-order valence-electron chi connectivity index (χ3n) is 4.37. The Labute approximate surface area is 126 Å². The van der Waals surface area contributed by atoms with Gasteiger partial charge in [0.2, 0.25) is 0 Å². The number of hydrogen-bond acceptors (Lipinski definition) is 2. The Morgan fingerprint density at radius 2 is 2.00 bits per heavy atom. The van der Waals surface area contributed by atoms with Crippen molar-refractivity contribution in [2.75, 3.05) is 12.0 Å². The molecule has 0 radical (unpaired) electrons. The van der Waals surface area contributed by atoms with Crippen LogP contribution in [0.5, 0.6) is 0 Å². The van der Waals surface area contributed by atoms with Crippen molar-refractivity contribution in [1.29, 1.82) is 0 Å². The Morgan fingerprint density at radius 1 is 1.35 bits per heavy atom. The van der Waals surface area contributed by atoms with Gasteiger partial charge in [0.15, 0.2) is 0 Å². The van der Waals surface area contributed by atoms with Gasteiger partial charge < -0.3 is 10.2 Å². The van der Waals surface area contributed by atoms with E-state index in [1.807, 2.05) is 0 Å². The van der Waals surface area contributed by atoms with E-state index in [1.165, 1.54) is 0 Å². The largest absolute Gasteiger partial charge is 0.481 e. The minimum absolute atomic E-state index is 0.0378. The van der Waals surface area contributed by atoms with Crippen LogP contribution in [0.4, 0.5) is 4.39 Å². The van der Waals surface area contributed by atoms with Gasteiger partial charge in [-0.2, -0.15) is 0 Å². The zero-order valence-corrected chi connectivity index (χ0v) is 13.1. The number of aliphatic carboxylic acids is 2. The van der Waals surface area contributed by atoms with Crippen molar-refractivity contribution in [3.63, 3.8) is 0 Å². The van der Waals surface area contributed by atoms with Gasteiger partial charge in [0.25, 0.3) is 0 Å². The molecule has 0 aromatic heterocycles. The van der Waals surface area contributed by atoms with Crippen molar-refractivity contribution >= 4 is 27.9 Å². The monoisotopic (exact) mass is 350 g/mol. The van der Waals surface area contributed by atoms with Crippen molar-refractivity contribution in [2.24, 2.45) is 10.8 Å². The summed E-state index contributed by atoms with van der Waals surface area (Å²) in [6, 6.07) is 0. The first-order valence-electron chi connectivity index (χ1n) is 6.60. The fourth-order valence-corrected chi connectivity index (χ4v) is 3.28. The normalized spacial score (nSPS) is 29.9. The van der Waals surface area contributed by atoms with Crippen LogP contribution in [0.3, 0.4) is 0 Å². The van der Waals surface area contributed by atoms with Crippen molar-refractivity contribution < 1.29 is 24.2 Å². The number of halogens is 2. The summed E-state index contributed by atoms with van der Waals surface area (Å²) in [7, 11) is 0. The summed E-state index contributed by atoms with van der Waals surface area (Å²) in [6.07, 6.45) is 2.79. The SMILES string of the molecule is CC1=CCC(CCCBr)(C(=O)O)CC1(CCF)C(=O)O. The molecule has 114 valence electrons. The molecule has 0 fully saturated rings. The first kappa shape index (κ1) is 17.1. The molecule has 2 N–H and O–H groups in total. The predicted octanol–water partition coefficient (Wildman–Crippen LogP) is 3.40. The maximum Gasteiger partial charge on any atom is 0.313 e. The molecule has 0 saturated carbocycles. The lowest BCUT2D eigenvalue weighted by molar-refractivity contribution is -0.158. The van der Waals surface area contributed by atoms with E-state index in [9.17, 15) is 24.2 Å². The van der Waals surface area contributed by atoms with Crippen LogP contribution in [0.25, 0.3) is 0 Å². The van der Waals surface area contributed by atoms with Gasteiger partial charge in [-0.15, -0.1) is 0 Å². The summed E-state index contributed by atoms with van der Waals surface area (Å²) in [5.74, 6) is -2.13. The van der Waals surface area contributed by atoms with Gasteiger partial charge in [-0.25, -0.2) is 0 Å². The Kier molecular flexibility index (Phi) is 5.74. The molecule has 2 atom stereocenters. The summed E-state index contributed by atoms with van der Waals surface area (Å²) < 4.78 is 12.8. The predicted molar refractivity (Wildman–Crippen MR) is 76.7 cm³/mol. The Balaban J connectivity index is 3.21. The topological polar surface area (TPSA) is 74.6 Å². The summed E-state index contributed by atoms with van der Waals surface area (Å²) in [6.45, 7) is 0.881. The van der Waals surface area contributed by atoms with E-state index in [2.05, 4.69) is 15.9 Å². The second-order valence-electron chi connectivity index (χ2n) is 5.47. The van der Waals surface area contributed by atoms with E-state index in [0.29, 0.717) is 30.2 Å². The Bertz CT molecular complexity index is 423. The molecular weight excluding hydrogens is 331 g/mol. The van der Waals surface area contributed by atoms with Crippen LogP contribution in [0.15, 0.2) is 11.6 Å². The molecule has 4 nitrogen and oxygen atoms in total. The van der Waals surface area contributed by atoms with Gasteiger partial charge in [-0.1, -0.05) is 27.6 Å². The minimum Gasteiger partial charge on any atom is -0.481 e. The molecule has 6 heteroatoms.